The van der Waals surface area contributed by atoms with Gasteiger partial charge in [-0.05, 0) is 25.1 Å². The molecule has 2 N–H and O–H groups in total. The van der Waals surface area contributed by atoms with E-state index in [1.165, 1.54) is 46.6 Å². The number of nitrogens with one attached hydrogen (secondary N) is 2. The van der Waals surface area contributed by atoms with Gasteiger partial charge in [-0.2, -0.15) is 0 Å². The molecule has 0 heterocycles. The molecule has 0 fully saturated rings. The Hall–Kier alpha value is -3.49. The fourth-order valence-corrected chi connectivity index (χ4v) is 2.54. The minimum atomic E-state index is -1.71. The number of hydrogen-bond donors (Lipinski definition) is 2. The van der Waals surface area contributed by atoms with Crippen molar-refractivity contribution in [3.63, 3.8) is 0 Å². The van der Waals surface area contributed by atoms with Crippen LogP contribution in [-0.4, -0.2) is 46.4 Å². The van der Waals surface area contributed by atoms with E-state index in [2.05, 4.69) is 10.6 Å². The summed E-state index contributed by atoms with van der Waals surface area (Å²) in [6, 6.07) is 7.57. The summed E-state index contributed by atoms with van der Waals surface area (Å²) in [6.45, 7) is 1.11. The molecule has 0 spiro atoms. The maximum absolute atomic E-state index is 13.2. The van der Waals surface area contributed by atoms with Gasteiger partial charge in [0.2, 0.25) is 5.75 Å². The molecule has 0 saturated carbocycles. The minimum absolute atomic E-state index is 0.180. The van der Waals surface area contributed by atoms with E-state index < -0.39 is 18.0 Å². The van der Waals surface area contributed by atoms with Crippen LogP contribution in [0.25, 0.3) is 0 Å². The molecule has 0 aliphatic rings. The number of alkyl halides is 1. The Labute approximate surface area is 167 Å². The molecule has 2 amide bonds. The zero-order valence-electron chi connectivity index (χ0n) is 16.8. The van der Waals surface area contributed by atoms with Crippen LogP contribution in [0.1, 0.15) is 17.3 Å². The third-order valence-electron chi connectivity index (χ3n) is 4.00. The molecule has 0 saturated heterocycles. The molecule has 0 bridgehead atoms. The molecule has 2 aromatic carbocycles. The average molecular weight is 406 g/mol. The average Bonchev–Trinajstić information content (AvgIpc) is 2.72. The molecule has 1 unspecified atom stereocenters. The first-order valence-electron chi connectivity index (χ1n) is 8.58. The van der Waals surface area contributed by atoms with Crippen molar-refractivity contribution in [1.82, 2.24) is 0 Å². The highest BCUT2D eigenvalue weighted by atomic mass is 19.1. The fourth-order valence-electron chi connectivity index (χ4n) is 2.54. The third-order valence-corrected chi connectivity index (χ3v) is 4.00. The molecular weight excluding hydrogens is 383 g/mol. The number of ether oxygens (including phenoxy) is 4. The Morgan fingerprint density at radius 1 is 0.862 bits per heavy atom. The van der Waals surface area contributed by atoms with Crippen LogP contribution in [0.5, 0.6) is 23.0 Å². The number of hydrogen-bond acceptors (Lipinski definition) is 6. The van der Waals surface area contributed by atoms with Crippen LogP contribution >= 0.6 is 0 Å². The van der Waals surface area contributed by atoms with Crippen LogP contribution in [-0.2, 0) is 4.79 Å². The number of benzene rings is 2. The first-order valence-corrected chi connectivity index (χ1v) is 8.58. The molecule has 0 aromatic heterocycles. The quantitative estimate of drug-likeness (QED) is 0.699. The lowest BCUT2D eigenvalue weighted by Crippen LogP contribution is -2.22. The number of halogens is 1. The molecule has 2 rings (SSSR count). The minimum Gasteiger partial charge on any atom is -0.495 e. The van der Waals surface area contributed by atoms with Crippen LogP contribution in [0, 0.1) is 0 Å². The summed E-state index contributed by atoms with van der Waals surface area (Å²) in [6.07, 6.45) is -1.71. The maximum atomic E-state index is 13.2. The predicted octanol–water partition coefficient (Wildman–Crippen LogP) is 3.27. The summed E-state index contributed by atoms with van der Waals surface area (Å²) in [7, 11) is 5.81. The highest BCUT2D eigenvalue weighted by Gasteiger charge is 2.18. The normalized spacial score (nSPS) is 11.2. The highest BCUT2D eigenvalue weighted by Crippen LogP contribution is 2.40. The Morgan fingerprint density at radius 2 is 1.45 bits per heavy atom. The largest absolute Gasteiger partial charge is 0.495 e. The Kier molecular flexibility index (Phi) is 7.24. The molecule has 29 heavy (non-hydrogen) atoms. The van der Waals surface area contributed by atoms with Gasteiger partial charge in [-0.3, -0.25) is 9.59 Å². The van der Waals surface area contributed by atoms with E-state index in [9.17, 15) is 14.0 Å². The smallest absolute Gasteiger partial charge is 0.258 e. The summed E-state index contributed by atoms with van der Waals surface area (Å²) in [5.41, 5.74) is 0.809. The summed E-state index contributed by atoms with van der Waals surface area (Å²) in [5, 5.41) is 5.11. The van der Waals surface area contributed by atoms with Gasteiger partial charge in [-0.1, -0.05) is 0 Å². The van der Waals surface area contributed by atoms with Crippen molar-refractivity contribution in [2.75, 3.05) is 39.1 Å². The second-order valence-corrected chi connectivity index (χ2v) is 5.89. The van der Waals surface area contributed by atoms with E-state index in [1.807, 2.05) is 0 Å². The van der Waals surface area contributed by atoms with Gasteiger partial charge in [-0.25, -0.2) is 4.39 Å². The lowest BCUT2D eigenvalue weighted by molar-refractivity contribution is -0.120. The summed E-state index contributed by atoms with van der Waals surface area (Å²) >= 11 is 0. The van der Waals surface area contributed by atoms with Gasteiger partial charge < -0.3 is 29.6 Å². The molecule has 0 aliphatic carbocycles. The van der Waals surface area contributed by atoms with Crippen molar-refractivity contribution in [1.29, 1.82) is 0 Å². The van der Waals surface area contributed by atoms with Crippen molar-refractivity contribution in [2.45, 2.75) is 13.1 Å². The van der Waals surface area contributed by atoms with Gasteiger partial charge in [0.15, 0.2) is 17.7 Å². The van der Waals surface area contributed by atoms with Crippen LogP contribution in [0.2, 0.25) is 0 Å². The van der Waals surface area contributed by atoms with Crippen LogP contribution in [0.3, 0.4) is 0 Å². The Balaban J connectivity index is 2.32. The molecule has 156 valence electrons. The van der Waals surface area contributed by atoms with Gasteiger partial charge in [0.05, 0.1) is 34.1 Å². The molecule has 8 nitrogen and oxygen atoms in total. The first kappa shape index (κ1) is 21.8. The topological polar surface area (TPSA) is 95.1 Å². The molecule has 9 heteroatoms. The number of anilines is 2. The molecule has 1 atom stereocenters. The fraction of sp³-hybridized carbons (Fsp3) is 0.300. The lowest BCUT2D eigenvalue weighted by Gasteiger charge is -2.15. The third kappa shape index (κ3) is 5.07. The van der Waals surface area contributed by atoms with Crippen molar-refractivity contribution >= 4 is 23.2 Å². The Morgan fingerprint density at radius 3 is 1.93 bits per heavy atom. The van der Waals surface area contributed by atoms with Crippen LogP contribution in [0.15, 0.2) is 30.3 Å². The lowest BCUT2D eigenvalue weighted by atomic mass is 10.1. The zero-order valence-corrected chi connectivity index (χ0v) is 16.8. The molecule has 0 aliphatic heterocycles. The van der Waals surface area contributed by atoms with Gasteiger partial charge in [0, 0.05) is 23.4 Å². The van der Waals surface area contributed by atoms with E-state index in [1.54, 1.807) is 12.1 Å². The standard InChI is InChI=1S/C20H23FN2O6/c1-11(21)19(24)23-14-8-12(6-7-15(14)26-2)20(25)22-13-9-16(27-3)18(29-5)17(10-13)28-4/h6-11H,1-5H3,(H,22,25)(H,23,24). The van der Waals surface area contributed by atoms with Gasteiger partial charge in [-0.15, -0.1) is 0 Å². The maximum Gasteiger partial charge on any atom is 0.258 e. The van der Waals surface area contributed by atoms with E-state index in [-0.39, 0.29) is 11.3 Å². The van der Waals surface area contributed by atoms with Crippen molar-refractivity contribution in [3.05, 3.63) is 35.9 Å². The second-order valence-electron chi connectivity index (χ2n) is 5.89. The number of carbonyl (C=O) groups is 2. The Bertz CT molecular complexity index is 876. The SMILES string of the molecule is COc1ccc(C(=O)Nc2cc(OC)c(OC)c(OC)c2)cc1NC(=O)C(C)F. The van der Waals surface area contributed by atoms with E-state index in [0.717, 1.165) is 6.92 Å². The monoisotopic (exact) mass is 406 g/mol. The van der Waals surface area contributed by atoms with E-state index >= 15 is 0 Å². The number of carbonyl (C=O) groups excluding carboxylic acids is 2. The van der Waals surface area contributed by atoms with E-state index in [4.69, 9.17) is 18.9 Å². The molecule has 0 radical (unpaired) electrons. The highest BCUT2D eigenvalue weighted by molar-refractivity contribution is 6.06. The van der Waals surface area contributed by atoms with Gasteiger partial charge >= 0.3 is 0 Å². The number of amides is 2. The van der Waals surface area contributed by atoms with Gasteiger partial charge in [0.25, 0.3) is 11.8 Å². The van der Waals surface area contributed by atoms with Gasteiger partial charge in [0.1, 0.15) is 5.75 Å². The van der Waals surface area contributed by atoms with Crippen LogP contribution < -0.4 is 29.6 Å². The summed E-state index contributed by atoms with van der Waals surface area (Å²) in [5.74, 6) is 0.130. The summed E-state index contributed by atoms with van der Waals surface area (Å²) < 4.78 is 34.1. The second kappa shape index (κ2) is 9.63. The molecular formula is C20H23FN2O6. The van der Waals surface area contributed by atoms with Crippen molar-refractivity contribution < 1.29 is 32.9 Å². The van der Waals surface area contributed by atoms with Crippen LogP contribution in [0.4, 0.5) is 15.8 Å². The van der Waals surface area contributed by atoms with Crippen molar-refractivity contribution in [3.8, 4) is 23.0 Å². The zero-order chi connectivity index (χ0) is 21.6. The summed E-state index contributed by atoms with van der Waals surface area (Å²) in [4.78, 5) is 24.4. The van der Waals surface area contributed by atoms with E-state index in [0.29, 0.717) is 28.7 Å². The predicted molar refractivity (Wildman–Crippen MR) is 106 cm³/mol. The first-order chi connectivity index (χ1) is 13.8. The molecule has 2 aromatic rings. The van der Waals surface area contributed by atoms with Crippen molar-refractivity contribution in [2.24, 2.45) is 0 Å². The number of methoxy groups -OCH3 is 4. The number of rotatable bonds is 8.